The van der Waals surface area contributed by atoms with Crippen LogP contribution in [0.25, 0.3) is 11.1 Å². The SMILES string of the molecule is COC(=O)C1=C(C(=O)OC)N(c2ccc(CNC(=O)OC3c4ccccc4-c4ccccc43)cc2)C=CC=C1. The molecule has 0 aromatic heterocycles. The number of hydrogen-bond donors (Lipinski definition) is 1. The number of carbonyl (C=O) groups excluding carboxylic acids is 3. The number of allylic oxidation sites excluding steroid dienone is 2. The minimum Gasteiger partial charge on any atom is -0.465 e. The maximum absolute atomic E-state index is 12.8. The van der Waals surface area contributed by atoms with Crippen LogP contribution in [0.2, 0.25) is 0 Å². The summed E-state index contributed by atoms with van der Waals surface area (Å²) in [6, 6.07) is 23.0. The van der Waals surface area contributed by atoms with Crippen molar-refractivity contribution in [3.05, 3.63) is 125 Å². The number of esters is 2. The van der Waals surface area contributed by atoms with E-state index in [-0.39, 0.29) is 17.8 Å². The predicted molar refractivity (Wildman–Crippen MR) is 145 cm³/mol. The van der Waals surface area contributed by atoms with Gasteiger partial charge in [0.25, 0.3) is 0 Å². The lowest BCUT2D eigenvalue weighted by atomic mass is 10.1. The number of ether oxygens (including phenoxy) is 3. The number of anilines is 1. The van der Waals surface area contributed by atoms with Gasteiger partial charge >= 0.3 is 18.0 Å². The first-order chi connectivity index (χ1) is 19.0. The Bertz CT molecular complexity index is 1470. The van der Waals surface area contributed by atoms with E-state index in [0.29, 0.717) is 5.69 Å². The molecule has 1 heterocycles. The molecule has 3 aromatic rings. The first-order valence-corrected chi connectivity index (χ1v) is 12.3. The van der Waals surface area contributed by atoms with Crippen molar-refractivity contribution in [2.75, 3.05) is 19.1 Å². The third kappa shape index (κ3) is 5.04. The fourth-order valence-corrected chi connectivity index (χ4v) is 4.70. The summed E-state index contributed by atoms with van der Waals surface area (Å²) in [5, 5.41) is 2.82. The number of alkyl carbamates (subject to hydrolysis) is 1. The molecule has 1 N–H and O–H groups in total. The zero-order valence-corrected chi connectivity index (χ0v) is 21.4. The molecule has 0 bridgehead atoms. The highest BCUT2D eigenvalue weighted by Gasteiger charge is 2.31. The fourth-order valence-electron chi connectivity index (χ4n) is 4.70. The quantitative estimate of drug-likeness (QED) is 0.352. The number of amides is 1. The Kier molecular flexibility index (Phi) is 7.27. The van der Waals surface area contributed by atoms with Crippen molar-refractivity contribution in [2.45, 2.75) is 12.6 Å². The maximum Gasteiger partial charge on any atom is 0.408 e. The van der Waals surface area contributed by atoms with Crippen molar-refractivity contribution in [1.82, 2.24) is 5.32 Å². The molecule has 0 saturated carbocycles. The number of benzene rings is 3. The summed E-state index contributed by atoms with van der Waals surface area (Å²) in [5.74, 6) is -1.35. The second-order valence-corrected chi connectivity index (χ2v) is 8.80. The molecule has 0 atom stereocenters. The van der Waals surface area contributed by atoms with Gasteiger partial charge in [-0.15, -0.1) is 0 Å². The number of fused-ring (bicyclic) bond motifs is 3. The molecule has 1 aliphatic heterocycles. The number of carbonyl (C=O) groups is 3. The summed E-state index contributed by atoms with van der Waals surface area (Å²) in [4.78, 5) is 39.3. The van der Waals surface area contributed by atoms with Crippen LogP contribution in [0.5, 0.6) is 0 Å². The lowest BCUT2D eigenvalue weighted by molar-refractivity contribution is -0.139. The van der Waals surface area contributed by atoms with Gasteiger partial charge in [0.05, 0.1) is 19.8 Å². The van der Waals surface area contributed by atoms with Crippen molar-refractivity contribution in [1.29, 1.82) is 0 Å². The molecule has 0 spiro atoms. The molecule has 0 fully saturated rings. The van der Waals surface area contributed by atoms with E-state index >= 15 is 0 Å². The minimum absolute atomic E-state index is 0.0286. The van der Waals surface area contributed by atoms with E-state index in [9.17, 15) is 14.4 Å². The lowest BCUT2D eigenvalue weighted by Crippen LogP contribution is -2.27. The van der Waals surface area contributed by atoms with Crippen molar-refractivity contribution >= 4 is 23.7 Å². The number of nitrogens with zero attached hydrogens (tertiary/aromatic N) is 1. The van der Waals surface area contributed by atoms with Crippen LogP contribution in [0.1, 0.15) is 22.8 Å². The molecule has 5 rings (SSSR count). The number of rotatable bonds is 6. The van der Waals surface area contributed by atoms with Crippen LogP contribution in [-0.4, -0.2) is 32.3 Å². The highest BCUT2D eigenvalue weighted by Crippen LogP contribution is 2.45. The van der Waals surface area contributed by atoms with Crippen LogP contribution in [0, 0.1) is 0 Å². The van der Waals surface area contributed by atoms with Gasteiger partial charge in [-0.05, 0) is 41.0 Å². The van der Waals surface area contributed by atoms with E-state index in [0.717, 1.165) is 27.8 Å². The molecule has 0 radical (unpaired) electrons. The molecule has 0 saturated heterocycles. The second kappa shape index (κ2) is 11.1. The maximum atomic E-state index is 12.8. The van der Waals surface area contributed by atoms with Crippen molar-refractivity contribution in [3.63, 3.8) is 0 Å². The van der Waals surface area contributed by atoms with E-state index in [1.165, 1.54) is 20.3 Å². The molecule has 0 unspecified atom stereocenters. The average Bonchev–Trinajstić information content (AvgIpc) is 3.12. The zero-order chi connectivity index (χ0) is 27.4. The molecule has 39 heavy (non-hydrogen) atoms. The first kappa shape index (κ1) is 25.5. The van der Waals surface area contributed by atoms with E-state index in [1.807, 2.05) is 60.7 Å². The monoisotopic (exact) mass is 522 g/mol. The van der Waals surface area contributed by atoms with E-state index < -0.39 is 24.1 Å². The molecule has 1 amide bonds. The summed E-state index contributed by atoms with van der Waals surface area (Å²) >= 11 is 0. The highest BCUT2D eigenvalue weighted by molar-refractivity contribution is 6.05. The van der Waals surface area contributed by atoms with Crippen LogP contribution in [0.4, 0.5) is 10.5 Å². The highest BCUT2D eigenvalue weighted by atomic mass is 16.6. The second-order valence-electron chi connectivity index (χ2n) is 8.80. The van der Waals surface area contributed by atoms with Crippen LogP contribution in [0.15, 0.2) is 108 Å². The molecule has 8 heteroatoms. The van der Waals surface area contributed by atoms with Gasteiger partial charge in [0.1, 0.15) is 5.70 Å². The van der Waals surface area contributed by atoms with Gasteiger partial charge < -0.3 is 24.4 Å². The largest absolute Gasteiger partial charge is 0.465 e. The third-order valence-electron chi connectivity index (χ3n) is 6.54. The van der Waals surface area contributed by atoms with Crippen LogP contribution < -0.4 is 10.2 Å². The summed E-state index contributed by atoms with van der Waals surface area (Å²) in [7, 11) is 2.50. The zero-order valence-electron chi connectivity index (χ0n) is 21.4. The van der Waals surface area contributed by atoms with Crippen LogP contribution in [0.3, 0.4) is 0 Å². The smallest absolute Gasteiger partial charge is 0.408 e. The topological polar surface area (TPSA) is 94.2 Å². The number of hydrogen-bond acceptors (Lipinski definition) is 7. The average molecular weight is 523 g/mol. The van der Waals surface area contributed by atoms with E-state index in [4.69, 9.17) is 14.2 Å². The minimum atomic E-state index is -0.685. The fraction of sp³-hybridized carbons (Fsp3) is 0.129. The van der Waals surface area contributed by atoms with Gasteiger partial charge in [-0.1, -0.05) is 66.7 Å². The van der Waals surface area contributed by atoms with Gasteiger partial charge in [0.2, 0.25) is 0 Å². The van der Waals surface area contributed by atoms with Crippen LogP contribution in [-0.2, 0) is 30.3 Å². The molecule has 8 nitrogen and oxygen atoms in total. The standard InChI is InChI=1S/C31H26N2O6/c1-37-29(34)26-13-7-8-18-33(27(26)30(35)38-2)21-16-14-20(15-17-21)19-32-31(36)39-28-24-11-5-3-9-22(24)23-10-4-6-12-25(23)28/h3-18,28H,19H2,1-2H3,(H,32,36). The van der Waals surface area contributed by atoms with Gasteiger partial charge in [-0.2, -0.15) is 0 Å². The lowest BCUT2D eigenvalue weighted by Gasteiger charge is -2.23. The van der Waals surface area contributed by atoms with Gasteiger partial charge in [0.15, 0.2) is 6.10 Å². The van der Waals surface area contributed by atoms with Crippen LogP contribution >= 0.6 is 0 Å². The molecule has 3 aromatic carbocycles. The van der Waals surface area contributed by atoms with Gasteiger partial charge in [-0.25, -0.2) is 14.4 Å². The van der Waals surface area contributed by atoms with Gasteiger partial charge in [-0.3, -0.25) is 0 Å². The van der Waals surface area contributed by atoms with Crippen molar-refractivity contribution in [3.8, 4) is 11.1 Å². The van der Waals surface area contributed by atoms with Gasteiger partial charge in [0, 0.05) is 29.6 Å². The Morgan fingerprint density at radius 2 is 1.41 bits per heavy atom. The molecule has 196 valence electrons. The van der Waals surface area contributed by atoms with E-state index in [2.05, 4.69) is 5.32 Å². The molecule has 2 aliphatic rings. The molecular formula is C31H26N2O6. The Morgan fingerprint density at radius 3 is 2.03 bits per heavy atom. The van der Waals surface area contributed by atoms with E-state index in [1.54, 1.807) is 35.4 Å². The Labute approximate surface area is 225 Å². The molecular weight excluding hydrogens is 496 g/mol. The first-order valence-electron chi connectivity index (χ1n) is 12.3. The Balaban J connectivity index is 1.29. The third-order valence-corrected chi connectivity index (χ3v) is 6.54. The van der Waals surface area contributed by atoms with Crippen molar-refractivity contribution in [2.24, 2.45) is 0 Å². The summed E-state index contributed by atoms with van der Waals surface area (Å²) in [6.07, 6.45) is 5.48. The number of nitrogens with one attached hydrogen (secondary N) is 1. The number of methoxy groups -OCH3 is 2. The predicted octanol–water partition coefficient (Wildman–Crippen LogP) is 5.17. The Hall–Kier alpha value is -5.11. The summed E-state index contributed by atoms with van der Waals surface area (Å²) in [6.45, 7) is 0.236. The summed E-state index contributed by atoms with van der Waals surface area (Å²) in [5.41, 5.74) is 5.57. The van der Waals surface area contributed by atoms with Crippen molar-refractivity contribution < 1.29 is 28.6 Å². The molecule has 1 aliphatic carbocycles. The normalized spacial score (nSPS) is 13.8. The summed E-state index contributed by atoms with van der Waals surface area (Å²) < 4.78 is 15.6. The Morgan fingerprint density at radius 1 is 0.795 bits per heavy atom.